The Morgan fingerprint density at radius 3 is 2.15 bits per heavy atom. The Balaban J connectivity index is 1.33. The molecule has 9 heteroatoms. The van der Waals surface area contributed by atoms with E-state index in [0.717, 1.165) is 22.4 Å². The summed E-state index contributed by atoms with van der Waals surface area (Å²) >= 11 is 0. The molecule has 1 aliphatic heterocycles. The number of piperazine rings is 1. The van der Waals surface area contributed by atoms with Gasteiger partial charge in [0.2, 0.25) is 10.0 Å². The zero-order chi connectivity index (χ0) is 27.6. The van der Waals surface area contributed by atoms with Gasteiger partial charge < -0.3 is 10.1 Å². The lowest BCUT2D eigenvalue weighted by Gasteiger charge is -2.36. The summed E-state index contributed by atoms with van der Waals surface area (Å²) in [7, 11) is -2.01. The van der Waals surface area contributed by atoms with E-state index < -0.39 is 10.0 Å². The maximum absolute atomic E-state index is 13.2. The molecule has 1 atom stereocenters. The highest BCUT2D eigenvalue weighted by Crippen LogP contribution is 2.29. The second-order valence-corrected chi connectivity index (χ2v) is 12.1. The molecule has 1 aromatic heterocycles. The van der Waals surface area contributed by atoms with Crippen LogP contribution in [0.5, 0.6) is 5.75 Å². The van der Waals surface area contributed by atoms with E-state index in [9.17, 15) is 8.42 Å². The SMILES string of the molecule is COc1ccc(S(=O)(=O)N2CCN(C(C)c3nc(Nc4ccc(C(C)C)cc4)c4ccccc4n3)CC2)cc1. The molecular weight excluding hydrogens is 510 g/mol. The molecule has 0 spiro atoms. The number of aromatic nitrogens is 2. The minimum Gasteiger partial charge on any atom is -0.497 e. The molecule has 0 bridgehead atoms. The molecule has 204 valence electrons. The molecule has 1 aliphatic rings. The number of para-hydroxylation sites is 1. The number of nitrogens with one attached hydrogen (secondary N) is 1. The third-order valence-electron chi connectivity index (χ3n) is 7.35. The first-order valence-electron chi connectivity index (χ1n) is 13.3. The molecule has 0 amide bonds. The highest BCUT2D eigenvalue weighted by Gasteiger charge is 2.31. The van der Waals surface area contributed by atoms with Crippen LogP contribution in [0, 0.1) is 0 Å². The molecule has 1 N–H and O–H groups in total. The highest BCUT2D eigenvalue weighted by atomic mass is 32.2. The molecule has 0 radical (unpaired) electrons. The van der Waals surface area contributed by atoms with Gasteiger partial charge in [-0.1, -0.05) is 38.1 Å². The summed E-state index contributed by atoms with van der Waals surface area (Å²) in [6, 6.07) is 22.9. The van der Waals surface area contributed by atoms with Gasteiger partial charge in [-0.25, -0.2) is 18.4 Å². The van der Waals surface area contributed by atoms with Gasteiger partial charge in [0.25, 0.3) is 0 Å². The van der Waals surface area contributed by atoms with Crippen LogP contribution >= 0.6 is 0 Å². The van der Waals surface area contributed by atoms with E-state index in [1.807, 2.05) is 24.3 Å². The number of rotatable bonds is 8. The fraction of sp³-hybridized carbons (Fsp3) is 0.333. The number of hydrogen-bond acceptors (Lipinski definition) is 7. The second-order valence-electron chi connectivity index (χ2n) is 10.1. The van der Waals surface area contributed by atoms with E-state index in [1.165, 1.54) is 5.56 Å². The number of nitrogens with zero attached hydrogens (tertiary/aromatic N) is 4. The number of benzene rings is 3. The van der Waals surface area contributed by atoms with Crippen molar-refractivity contribution in [3.63, 3.8) is 0 Å². The highest BCUT2D eigenvalue weighted by molar-refractivity contribution is 7.89. The molecule has 3 aromatic carbocycles. The summed E-state index contributed by atoms with van der Waals surface area (Å²) in [5.41, 5.74) is 3.13. The number of ether oxygens (including phenoxy) is 1. The molecule has 1 saturated heterocycles. The number of hydrogen-bond donors (Lipinski definition) is 1. The molecule has 1 unspecified atom stereocenters. The molecule has 0 aliphatic carbocycles. The number of methoxy groups -OCH3 is 1. The van der Waals surface area contributed by atoms with E-state index >= 15 is 0 Å². The van der Waals surface area contributed by atoms with Crippen LogP contribution in [0.4, 0.5) is 11.5 Å². The van der Waals surface area contributed by atoms with Crippen molar-refractivity contribution in [3.05, 3.63) is 84.2 Å². The Bertz CT molecular complexity index is 1530. The summed E-state index contributed by atoms with van der Waals surface area (Å²) in [6.45, 7) is 8.43. The lowest BCUT2D eigenvalue weighted by molar-refractivity contribution is 0.141. The monoisotopic (exact) mass is 545 g/mol. The maximum atomic E-state index is 13.2. The van der Waals surface area contributed by atoms with Gasteiger partial charge in [0, 0.05) is 37.3 Å². The van der Waals surface area contributed by atoms with Crippen molar-refractivity contribution in [1.82, 2.24) is 19.2 Å². The average molecular weight is 546 g/mol. The van der Waals surface area contributed by atoms with Gasteiger partial charge in [-0.3, -0.25) is 4.90 Å². The van der Waals surface area contributed by atoms with Crippen molar-refractivity contribution < 1.29 is 13.2 Å². The predicted octanol–water partition coefficient (Wildman–Crippen LogP) is 5.57. The van der Waals surface area contributed by atoms with Crippen molar-refractivity contribution in [1.29, 1.82) is 0 Å². The van der Waals surface area contributed by atoms with Gasteiger partial charge in [0.05, 0.1) is 23.6 Å². The lowest BCUT2D eigenvalue weighted by atomic mass is 10.0. The molecule has 5 rings (SSSR count). The second kappa shape index (κ2) is 11.3. The Morgan fingerprint density at radius 1 is 0.846 bits per heavy atom. The predicted molar refractivity (Wildman–Crippen MR) is 155 cm³/mol. The largest absolute Gasteiger partial charge is 0.497 e. The minimum atomic E-state index is -3.57. The van der Waals surface area contributed by atoms with Crippen molar-refractivity contribution in [3.8, 4) is 5.75 Å². The molecule has 0 saturated carbocycles. The average Bonchev–Trinajstić information content (AvgIpc) is 2.97. The van der Waals surface area contributed by atoms with Gasteiger partial charge in [-0.05, 0) is 66.9 Å². The molecular formula is C30H35N5O3S. The van der Waals surface area contributed by atoms with Crippen molar-refractivity contribution >= 4 is 32.4 Å². The Kier molecular flexibility index (Phi) is 7.83. The summed E-state index contributed by atoms with van der Waals surface area (Å²) in [5, 5.41) is 4.45. The summed E-state index contributed by atoms with van der Waals surface area (Å²) < 4.78 is 33.1. The topological polar surface area (TPSA) is 87.7 Å². The molecule has 4 aromatic rings. The van der Waals surface area contributed by atoms with Crippen LogP contribution in [0.15, 0.2) is 77.7 Å². The van der Waals surface area contributed by atoms with E-state index in [0.29, 0.717) is 43.7 Å². The van der Waals surface area contributed by atoms with Crippen LogP contribution in [0.2, 0.25) is 0 Å². The van der Waals surface area contributed by atoms with E-state index in [2.05, 4.69) is 55.3 Å². The van der Waals surface area contributed by atoms with Crippen LogP contribution in [-0.2, 0) is 10.0 Å². The molecule has 8 nitrogen and oxygen atoms in total. The minimum absolute atomic E-state index is 0.0793. The van der Waals surface area contributed by atoms with Gasteiger partial charge >= 0.3 is 0 Å². The normalized spacial score (nSPS) is 15.9. The Morgan fingerprint density at radius 2 is 1.51 bits per heavy atom. The number of anilines is 2. The summed E-state index contributed by atoms with van der Waals surface area (Å²) in [6.07, 6.45) is 0. The van der Waals surface area contributed by atoms with Crippen LogP contribution in [-0.4, -0.2) is 60.9 Å². The quantitative estimate of drug-likeness (QED) is 0.310. The maximum Gasteiger partial charge on any atom is 0.243 e. The third kappa shape index (κ3) is 5.75. The fourth-order valence-corrected chi connectivity index (χ4v) is 6.28. The Hall–Kier alpha value is -3.53. The Labute approximate surface area is 230 Å². The lowest BCUT2D eigenvalue weighted by Crippen LogP contribution is -2.49. The third-order valence-corrected chi connectivity index (χ3v) is 9.27. The van der Waals surface area contributed by atoms with Gasteiger partial charge in [0.1, 0.15) is 17.4 Å². The first kappa shape index (κ1) is 27.1. The van der Waals surface area contributed by atoms with E-state index in [4.69, 9.17) is 14.7 Å². The first-order valence-corrected chi connectivity index (χ1v) is 14.7. The van der Waals surface area contributed by atoms with E-state index in [1.54, 1.807) is 35.7 Å². The van der Waals surface area contributed by atoms with Crippen molar-refractivity contribution in [2.24, 2.45) is 0 Å². The molecule has 1 fully saturated rings. The smallest absolute Gasteiger partial charge is 0.243 e. The standard InChI is InChI=1S/C30H35N5O3S/c1-21(2)23-9-11-24(12-10-23)31-30-27-7-5-6-8-28(27)32-29(33-30)22(3)34-17-19-35(20-18-34)39(36,37)26-15-13-25(38-4)14-16-26/h5-16,21-22H,17-20H2,1-4H3,(H,31,32,33). The van der Waals surface area contributed by atoms with Gasteiger partial charge in [-0.2, -0.15) is 4.31 Å². The van der Waals surface area contributed by atoms with Crippen molar-refractivity contribution in [2.75, 3.05) is 38.6 Å². The van der Waals surface area contributed by atoms with Gasteiger partial charge in [0.15, 0.2) is 0 Å². The number of fused-ring (bicyclic) bond motifs is 1. The fourth-order valence-electron chi connectivity index (χ4n) is 4.86. The van der Waals surface area contributed by atoms with Crippen molar-refractivity contribution in [2.45, 2.75) is 37.6 Å². The van der Waals surface area contributed by atoms with Crippen LogP contribution in [0.3, 0.4) is 0 Å². The zero-order valence-corrected chi connectivity index (χ0v) is 23.6. The summed E-state index contributed by atoms with van der Waals surface area (Å²) in [4.78, 5) is 12.4. The van der Waals surface area contributed by atoms with Crippen LogP contribution in [0.1, 0.15) is 44.1 Å². The first-order chi connectivity index (χ1) is 18.8. The van der Waals surface area contributed by atoms with Crippen LogP contribution in [0.25, 0.3) is 10.9 Å². The molecule has 39 heavy (non-hydrogen) atoms. The summed E-state index contributed by atoms with van der Waals surface area (Å²) in [5.74, 6) is 2.57. The van der Waals surface area contributed by atoms with Gasteiger partial charge in [-0.15, -0.1) is 0 Å². The molecule has 2 heterocycles. The number of sulfonamides is 1. The van der Waals surface area contributed by atoms with E-state index in [-0.39, 0.29) is 10.9 Å². The van der Waals surface area contributed by atoms with Crippen LogP contribution < -0.4 is 10.1 Å². The zero-order valence-electron chi connectivity index (χ0n) is 22.8.